The maximum Gasteiger partial charge on any atom is 0.247 e. The second-order valence-corrected chi connectivity index (χ2v) is 12.2. The largest absolute Gasteiger partial charge is 0.493 e. The van der Waals surface area contributed by atoms with Crippen LogP contribution in [0.4, 0.5) is 11.6 Å². The van der Waals surface area contributed by atoms with Crippen molar-refractivity contribution in [2.45, 2.75) is 57.4 Å². The maximum absolute atomic E-state index is 13.6. The van der Waals surface area contributed by atoms with E-state index in [1.165, 1.54) is 6.42 Å². The van der Waals surface area contributed by atoms with E-state index < -0.39 is 6.04 Å². The molecule has 1 aliphatic carbocycles. The molecule has 1 saturated carbocycles. The van der Waals surface area contributed by atoms with E-state index >= 15 is 0 Å². The average molecular weight is 625 g/mol. The first kappa shape index (κ1) is 31.1. The first-order valence-corrected chi connectivity index (χ1v) is 16.0. The monoisotopic (exact) mass is 624 g/mol. The van der Waals surface area contributed by atoms with Gasteiger partial charge in [-0.3, -0.25) is 9.59 Å². The molecule has 3 heterocycles. The van der Waals surface area contributed by atoms with Crippen LogP contribution in [-0.2, 0) is 16.0 Å². The second kappa shape index (κ2) is 14.5. The Morgan fingerprint density at radius 1 is 0.978 bits per heavy atom. The van der Waals surface area contributed by atoms with Gasteiger partial charge in [0.15, 0.2) is 0 Å². The van der Waals surface area contributed by atoms with E-state index in [9.17, 15) is 14.7 Å². The number of H-pyrrole nitrogens is 1. The lowest BCUT2D eigenvalue weighted by Gasteiger charge is -2.28. The highest BCUT2D eigenvalue weighted by molar-refractivity contribution is 5.97. The molecular weight excluding hydrogens is 584 g/mol. The lowest BCUT2D eigenvalue weighted by atomic mass is 9.81. The molecule has 13 nitrogen and oxygen atoms in total. The topological polar surface area (TPSA) is 188 Å². The molecule has 240 valence electrons. The molecule has 0 bridgehead atoms. The summed E-state index contributed by atoms with van der Waals surface area (Å²) in [5.41, 5.74) is 9.33. The molecule has 0 spiro atoms. The molecule has 0 unspecified atom stereocenters. The van der Waals surface area contributed by atoms with Crippen molar-refractivity contribution in [3.8, 4) is 28.4 Å². The Kier molecular flexibility index (Phi) is 9.77. The van der Waals surface area contributed by atoms with Crippen LogP contribution in [-0.4, -0.2) is 73.2 Å². The van der Waals surface area contributed by atoms with Gasteiger partial charge in [-0.25, -0.2) is 4.98 Å². The minimum Gasteiger partial charge on any atom is -0.493 e. The summed E-state index contributed by atoms with van der Waals surface area (Å²) in [5, 5.41) is 30.7. The van der Waals surface area contributed by atoms with Crippen molar-refractivity contribution in [2.75, 3.05) is 29.9 Å². The molecule has 1 aliphatic heterocycles. The molecule has 6 rings (SSSR count). The fourth-order valence-electron chi connectivity index (χ4n) is 6.25. The fourth-order valence-corrected chi connectivity index (χ4v) is 6.25. The number of piperidine rings is 1. The molecule has 2 fully saturated rings. The Morgan fingerprint density at radius 2 is 1.70 bits per heavy atom. The molecule has 2 aliphatic rings. The van der Waals surface area contributed by atoms with Crippen molar-refractivity contribution in [3.63, 3.8) is 0 Å². The van der Waals surface area contributed by atoms with Crippen LogP contribution >= 0.6 is 0 Å². The summed E-state index contributed by atoms with van der Waals surface area (Å²) in [4.78, 5) is 37.9. The Bertz CT molecular complexity index is 1600. The number of hydrogen-bond acceptors (Lipinski definition) is 10. The summed E-state index contributed by atoms with van der Waals surface area (Å²) in [6.07, 6.45) is 8.67. The van der Waals surface area contributed by atoms with Crippen LogP contribution in [0.15, 0.2) is 54.7 Å². The molecule has 2 aromatic heterocycles. The highest BCUT2D eigenvalue weighted by atomic mass is 16.3. The van der Waals surface area contributed by atoms with Crippen LogP contribution in [0, 0.1) is 11.8 Å². The van der Waals surface area contributed by atoms with Crippen molar-refractivity contribution in [1.29, 1.82) is 0 Å². The summed E-state index contributed by atoms with van der Waals surface area (Å²) >= 11 is 0. The zero-order valence-corrected chi connectivity index (χ0v) is 25.7. The Hall–Kier alpha value is -4.91. The number of carbonyl (C=O) groups excluding carboxylic acids is 2. The van der Waals surface area contributed by atoms with E-state index in [1.54, 1.807) is 30.5 Å². The minimum absolute atomic E-state index is 0.0671. The van der Waals surface area contributed by atoms with Crippen molar-refractivity contribution in [2.24, 2.45) is 17.6 Å². The highest BCUT2D eigenvalue weighted by Gasteiger charge is 2.29. The third-order valence-electron chi connectivity index (χ3n) is 9.04. The second-order valence-electron chi connectivity index (χ2n) is 12.2. The molecule has 4 aromatic rings. The molecule has 1 saturated heterocycles. The number of anilines is 2. The van der Waals surface area contributed by atoms with Gasteiger partial charge in [0, 0.05) is 42.9 Å². The quantitative estimate of drug-likeness (QED) is 0.175. The van der Waals surface area contributed by atoms with E-state index in [2.05, 4.69) is 46.1 Å². The van der Waals surface area contributed by atoms with Crippen molar-refractivity contribution < 1.29 is 14.7 Å². The Morgan fingerprint density at radius 3 is 2.35 bits per heavy atom. The standard InChI is InChI=1S/C33H40N10O3/c34-19-22-6-10-25(11-7-22)30(44)37-28(32(46)36-26-14-12-24(13-15-26)29-39-41-42-40-29)18-21-4-8-23(9-5-21)27-20-35-33(38-31(27)45)43-16-2-1-3-17-43/h4-5,8-9,12-15,20,22,25,28H,1-3,6-7,10-11,16-19,34H2,(H,36,46)(H,37,44)(H,35,38,45)(H,39,40,41,42)/t22-,25-,28-/m0/s1. The Labute approximate surface area is 267 Å². The Balaban J connectivity index is 1.16. The lowest BCUT2D eigenvalue weighted by molar-refractivity contribution is -0.130. The number of benzene rings is 2. The number of nitrogens with zero attached hydrogens (tertiary/aromatic N) is 6. The van der Waals surface area contributed by atoms with Gasteiger partial charge >= 0.3 is 0 Å². The number of aromatic hydroxyl groups is 1. The van der Waals surface area contributed by atoms with Crippen LogP contribution in [0.5, 0.6) is 5.88 Å². The van der Waals surface area contributed by atoms with Crippen molar-refractivity contribution in [3.05, 3.63) is 60.3 Å². The summed E-state index contributed by atoms with van der Waals surface area (Å²) < 4.78 is 0. The van der Waals surface area contributed by atoms with Gasteiger partial charge in [0.25, 0.3) is 0 Å². The van der Waals surface area contributed by atoms with Gasteiger partial charge in [0.05, 0.1) is 5.56 Å². The molecule has 2 amide bonds. The van der Waals surface area contributed by atoms with Crippen molar-refractivity contribution in [1.82, 2.24) is 35.9 Å². The maximum atomic E-state index is 13.6. The number of nitrogens with one attached hydrogen (secondary N) is 3. The van der Waals surface area contributed by atoms with Crippen LogP contribution in [0.1, 0.15) is 50.5 Å². The number of aromatic nitrogens is 6. The molecule has 1 atom stereocenters. The van der Waals surface area contributed by atoms with Gasteiger partial charge in [0.1, 0.15) is 6.04 Å². The number of rotatable bonds is 10. The molecular formula is C33H40N10O3. The third-order valence-corrected chi connectivity index (χ3v) is 9.04. The van der Waals surface area contributed by atoms with Crippen LogP contribution in [0.25, 0.3) is 22.5 Å². The van der Waals surface area contributed by atoms with Gasteiger partial charge in [0.2, 0.25) is 29.5 Å². The van der Waals surface area contributed by atoms with Gasteiger partial charge in [-0.2, -0.15) is 10.2 Å². The first-order valence-electron chi connectivity index (χ1n) is 16.0. The highest BCUT2D eigenvalue weighted by Crippen LogP contribution is 2.30. The van der Waals surface area contributed by atoms with Gasteiger partial charge < -0.3 is 26.4 Å². The zero-order chi connectivity index (χ0) is 31.9. The SMILES string of the molecule is NC[C@H]1CC[C@H](C(=O)N[C@@H](Cc2ccc(-c3cnc(N4CCCCC4)nc3O)cc2)C(=O)Nc2ccc(-c3nn[nH]n3)cc2)CC1. The number of hydrogen-bond donors (Lipinski definition) is 5. The number of amides is 2. The molecule has 46 heavy (non-hydrogen) atoms. The van der Waals surface area contributed by atoms with Crippen molar-refractivity contribution >= 4 is 23.5 Å². The summed E-state index contributed by atoms with van der Waals surface area (Å²) in [6.45, 7) is 2.41. The van der Waals surface area contributed by atoms with Gasteiger partial charge in [-0.05, 0) is 98.0 Å². The molecule has 6 N–H and O–H groups in total. The van der Waals surface area contributed by atoms with E-state index in [4.69, 9.17) is 5.73 Å². The summed E-state index contributed by atoms with van der Waals surface area (Å²) in [7, 11) is 0. The summed E-state index contributed by atoms with van der Waals surface area (Å²) in [5.74, 6) is 0.795. The lowest BCUT2D eigenvalue weighted by Crippen LogP contribution is -2.48. The molecule has 13 heteroatoms. The predicted molar refractivity (Wildman–Crippen MR) is 174 cm³/mol. The normalized spacial score (nSPS) is 18.9. The van der Waals surface area contributed by atoms with Gasteiger partial charge in [-0.1, -0.05) is 24.3 Å². The minimum atomic E-state index is -0.803. The van der Waals surface area contributed by atoms with E-state index in [1.807, 2.05) is 24.3 Å². The average Bonchev–Trinajstić information content (AvgIpc) is 3.64. The first-order chi connectivity index (χ1) is 22.5. The number of aromatic amines is 1. The smallest absolute Gasteiger partial charge is 0.247 e. The van der Waals surface area contributed by atoms with Gasteiger partial charge in [-0.15, -0.1) is 10.2 Å². The number of carbonyl (C=O) groups is 2. The molecule has 0 radical (unpaired) electrons. The van der Waals surface area contributed by atoms with E-state index in [-0.39, 0.29) is 30.0 Å². The summed E-state index contributed by atoms with van der Waals surface area (Å²) in [6, 6.07) is 13.8. The van der Waals surface area contributed by atoms with Crippen LogP contribution in [0.2, 0.25) is 0 Å². The molecule has 2 aromatic carbocycles. The third kappa shape index (κ3) is 7.48. The van der Waals surface area contributed by atoms with Crippen LogP contribution in [0.3, 0.4) is 0 Å². The van der Waals surface area contributed by atoms with Crippen LogP contribution < -0.4 is 21.3 Å². The number of nitrogens with two attached hydrogens (primary N) is 1. The number of tetrazole rings is 1. The fraction of sp³-hybridized carbons (Fsp3) is 0.424. The van der Waals surface area contributed by atoms with E-state index in [0.29, 0.717) is 35.5 Å². The zero-order valence-electron chi connectivity index (χ0n) is 25.7. The van der Waals surface area contributed by atoms with E-state index in [0.717, 1.165) is 68.3 Å². The predicted octanol–water partition coefficient (Wildman–Crippen LogP) is 3.45.